The molecule has 1 atom stereocenters. The Labute approximate surface area is 112 Å². The van der Waals surface area contributed by atoms with Gasteiger partial charge in [-0.05, 0) is 27.8 Å². The van der Waals surface area contributed by atoms with Crippen molar-refractivity contribution in [3.8, 4) is 11.5 Å². The molecule has 0 aliphatic rings. The lowest BCUT2D eigenvalue weighted by Gasteiger charge is -2.16. The van der Waals surface area contributed by atoms with Crippen molar-refractivity contribution in [2.24, 2.45) is 0 Å². The summed E-state index contributed by atoms with van der Waals surface area (Å²) in [5, 5.41) is 13.9. The molecule has 0 spiro atoms. The van der Waals surface area contributed by atoms with Crippen molar-refractivity contribution >= 4 is 5.69 Å². The van der Waals surface area contributed by atoms with Crippen LogP contribution in [0.2, 0.25) is 0 Å². The van der Waals surface area contributed by atoms with Crippen LogP contribution in [0, 0.1) is 10.1 Å². The molecule has 0 aromatic heterocycles. The van der Waals surface area contributed by atoms with Crippen LogP contribution in [-0.4, -0.2) is 30.7 Å². The molecular formula is C13H20N2O4. The van der Waals surface area contributed by atoms with Gasteiger partial charge in [0.1, 0.15) is 17.6 Å². The third-order valence-corrected chi connectivity index (χ3v) is 2.28. The Balaban J connectivity index is 2.95. The Bertz CT molecular complexity index is 435. The van der Waals surface area contributed by atoms with E-state index in [9.17, 15) is 10.1 Å². The summed E-state index contributed by atoms with van der Waals surface area (Å²) in [5.74, 6) is 0.878. The molecule has 0 aliphatic heterocycles. The number of nitrogens with one attached hydrogen (secondary N) is 1. The highest BCUT2D eigenvalue weighted by Gasteiger charge is 2.14. The van der Waals surface area contributed by atoms with Gasteiger partial charge in [-0.2, -0.15) is 0 Å². The maximum absolute atomic E-state index is 10.9. The highest BCUT2D eigenvalue weighted by Crippen LogP contribution is 2.28. The van der Waals surface area contributed by atoms with Crippen molar-refractivity contribution < 1.29 is 14.4 Å². The van der Waals surface area contributed by atoms with Gasteiger partial charge in [0.15, 0.2) is 0 Å². The van der Waals surface area contributed by atoms with Gasteiger partial charge in [-0.15, -0.1) is 0 Å². The number of hydrogen-bond donors (Lipinski definition) is 1. The van der Waals surface area contributed by atoms with Crippen LogP contribution in [-0.2, 0) is 0 Å². The number of rotatable bonds is 7. The normalized spacial score (nSPS) is 12.3. The van der Waals surface area contributed by atoms with Gasteiger partial charge in [-0.3, -0.25) is 10.1 Å². The molecule has 106 valence electrons. The number of nitrogens with zero attached hydrogens (tertiary/aromatic N) is 1. The maximum Gasteiger partial charge on any atom is 0.276 e. The Morgan fingerprint density at radius 1 is 1.21 bits per heavy atom. The highest BCUT2D eigenvalue weighted by atomic mass is 16.6. The van der Waals surface area contributed by atoms with Crippen molar-refractivity contribution in [3.63, 3.8) is 0 Å². The summed E-state index contributed by atoms with van der Waals surface area (Å²) in [5.41, 5.74) is -0.0372. The largest absolute Gasteiger partial charge is 0.491 e. The number of nitro groups is 1. The molecule has 1 N–H and O–H groups in total. The second-order valence-electron chi connectivity index (χ2n) is 4.57. The molecule has 1 aromatic carbocycles. The molecular weight excluding hydrogens is 248 g/mol. The van der Waals surface area contributed by atoms with E-state index in [0.717, 1.165) is 0 Å². The number of benzene rings is 1. The third-order valence-electron chi connectivity index (χ3n) is 2.28. The zero-order valence-electron chi connectivity index (χ0n) is 11.7. The van der Waals surface area contributed by atoms with Gasteiger partial charge in [0, 0.05) is 12.6 Å². The SMILES string of the molecule is CNCC(C)Oc1cc(OC(C)C)cc([N+](=O)[O-])c1. The quantitative estimate of drug-likeness (QED) is 0.607. The molecule has 6 nitrogen and oxygen atoms in total. The van der Waals surface area contributed by atoms with Gasteiger partial charge in [-0.1, -0.05) is 0 Å². The Kier molecular flexibility index (Phi) is 5.57. The average Bonchev–Trinajstić information content (AvgIpc) is 2.27. The smallest absolute Gasteiger partial charge is 0.276 e. The second kappa shape index (κ2) is 6.94. The van der Waals surface area contributed by atoms with Crippen LogP contribution in [0.4, 0.5) is 5.69 Å². The van der Waals surface area contributed by atoms with E-state index in [0.29, 0.717) is 18.0 Å². The predicted molar refractivity (Wildman–Crippen MR) is 72.9 cm³/mol. The summed E-state index contributed by atoms with van der Waals surface area (Å²) in [7, 11) is 1.82. The molecule has 0 bridgehead atoms. The molecule has 1 rings (SSSR count). The minimum atomic E-state index is -0.456. The van der Waals surface area contributed by atoms with Crippen LogP contribution in [0.1, 0.15) is 20.8 Å². The van der Waals surface area contributed by atoms with E-state index in [-0.39, 0.29) is 17.9 Å². The molecule has 0 radical (unpaired) electrons. The van der Waals surface area contributed by atoms with E-state index in [2.05, 4.69) is 5.32 Å². The number of ether oxygens (including phenoxy) is 2. The lowest BCUT2D eigenvalue weighted by Crippen LogP contribution is -2.26. The summed E-state index contributed by atoms with van der Waals surface area (Å²) >= 11 is 0. The summed E-state index contributed by atoms with van der Waals surface area (Å²) in [6.45, 7) is 6.27. The summed E-state index contributed by atoms with van der Waals surface area (Å²) in [4.78, 5) is 10.4. The second-order valence-corrected chi connectivity index (χ2v) is 4.57. The predicted octanol–water partition coefficient (Wildman–Crippen LogP) is 2.37. The third kappa shape index (κ3) is 5.13. The van der Waals surface area contributed by atoms with Crippen LogP contribution in [0.3, 0.4) is 0 Å². The number of hydrogen-bond acceptors (Lipinski definition) is 5. The van der Waals surface area contributed by atoms with Crippen LogP contribution < -0.4 is 14.8 Å². The van der Waals surface area contributed by atoms with E-state index in [1.807, 2.05) is 27.8 Å². The maximum atomic E-state index is 10.9. The fourth-order valence-corrected chi connectivity index (χ4v) is 1.63. The van der Waals surface area contributed by atoms with Crippen molar-refractivity contribution in [1.29, 1.82) is 0 Å². The minimum absolute atomic E-state index is 0.0372. The Morgan fingerprint density at radius 2 is 1.79 bits per heavy atom. The van der Waals surface area contributed by atoms with Gasteiger partial charge in [-0.25, -0.2) is 0 Å². The summed E-state index contributed by atoms with van der Waals surface area (Å²) < 4.78 is 11.1. The van der Waals surface area contributed by atoms with E-state index in [1.165, 1.54) is 12.1 Å². The zero-order valence-corrected chi connectivity index (χ0v) is 11.7. The highest BCUT2D eigenvalue weighted by molar-refractivity contribution is 5.46. The molecule has 0 aliphatic carbocycles. The molecule has 6 heteroatoms. The number of nitro benzene ring substituents is 1. The summed E-state index contributed by atoms with van der Waals surface area (Å²) in [6.07, 6.45) is -0.136. The molecule has 19 heavy (non-hydrogen) atoms. The molecule has 1 aromatic rings. The molecule has 0 saturated heterocycles. The van der Waals surface area contributed by atoms with Crippen LogP contribution in [0.5, 0.6) is 11.5 Å². The molecule has 0 fully saturated rings. The topological polar surface area (TPSA) is 73.6 Å². The standard InChI is InChI=1S/C13H20N2O4/c1-9(2)18-12-5-11(15(16)17)6-13(7-12)19-10(3)8-14-4/h5-7,9-10,14H,8H2,1-4H3. The lowest BCUT2D eigenvalue weighted by molar-refractivity contribution is -0.385. The van der Waals surface area contributed by atoms with Gasteiger partial charge in [0.2, 0.25) is 0 Å². The van der Waals surface area contributed by atoms with Crippen molar-refractivity contribution in [1.82, 2.24) is 5.32 Å². The first-order valence-corrected chi connectivity index (χ1v) is 6.19. The van der Waals surface area contributed by atoms with E-state index < -0.39 is 4.92 Å². The average molecular weight is 268 g/mol. The van der Waals surface area contributed by atoms with Gasteiger partial charge >= 0.3 is 0 Å². The van der Waals surface area contributed by atoms with E-state index in [1.54, 1.807) is 6.07 Å². The van der Waals surface area contributed by atoms with Gasteiger partial charge in [0.25, 0.3) is 5.69 Å². The van der Waals surface area contributed by atoms with E-state index >= 15 is 0 Å². The Hall–Kier alpha value is -1.82. The molecule has 0 heterocycles. The van der Waals surface area contributed by atoms with E-state index in [4.69, 9.17) is 9.47 Å². The van der Waals surface area contributed by atoms with Crippen molar-refractivity contribution in [2.75, 3.05) is 13.6 Å². The van der Waals surface area contributed by atoms with Gasteiger partial charge in [0.05, 0.1) is 23.2 Å². The first-order chi connectivity index (χ1) is 8.92. The first kappa shape index (κ1) is 15.2. The minimum Gasteiger partial charge on any atom is -0.491 e. The van der Waals surface area contributed by atoms with Crippen LogP contribution in [0.15, 0.2) is 18.2 Å². The molecule has 1 unspecified atom stereocenters. The zero-order chi connectivity index (χ0) is 14.4. The number of non-ortho nitro benzene ring substituents is 1. The fraction of sp³-hybridized carbons (Fsp3) is 0.538. The monoisotopic (exact) mass is 268 g/mol. The van der Waals surface area contributed by atoms with Gasteiger partial charge < -0.3 is 14.8 Å². The van der Waals surface area contributed by atoms with Crippen molar-refractivity contribution in [2.45, 2.75) is 33.0 Å². The van der Waals surface area contributed by atoms with Crippen molar-refractivity contribution in [3.05, 3.63) is 28.3 Å². The molecule has 0 amide bonds. The number of likely N-dealkylation sites (N-methyl/N-ethyl adjacent to an activating group) is 1. The fourth-order valence-electron chi connectivity index (χ4n) is 1.63. The Morgan fingerprint density at radius 3 is 2.26 bits per heavy atom. The lowest BCUT2D eigenvalue weighted by atomic mass is 10.2. The van der Waals surface area contributed by atoms with Crippen LogP contribution >= 0.6 is 0 Å². The summed E-state index contributed by atoms with van der Waals surface area (Å²) in [6, 6.07) is 4.47. The molecule has 0 saturated carbocycles. The van der Waals surface area contributed by atoms with Crippen LogP contribution in [0.25, 0.3) is 0 Å². The first-order valence-electron chi connectivity index (χ1n) is 6.19.